The lowest BCUT2D eigenvalue weighted by Gasteiger charge is -2.13. The van der Waals surface area contributed by atoms with Gasteiger partial charge < -0.3 is 0 Å². The average molecular weight is 207 g/mol. The summed E-state index contributed by atoms with van der Waals surface area (Å²) in [6.07, 6.45) is 7.21. The van der Waals surface area contributed by atoms with Crippen LogP contribution >= 0.6 is 11.6 Å². The van der Waals surface area contributed by atoms with Gasteiger partial charge in [0.1, 0.15) is 0 Å². The molecule has 0 saturated heterocycles. The number of aryl methyl sites for hydroxylation is 1. The van der Waals surface area contributed by atoms with Crippen LogP contribution in [0.25, 0.3) is 0 Å². The highest BCUT2D eigenvalue weighted by molar-refractivity contribution is 6.31. The van der Waals surface area contributed by atoms with Gasteiger partial charge in [0.15, 0.2) is 0 Å². The van der Waals surface area contributed by atoms with Crippen molar-refractivity contribution in [1.82, 2.24) is 0 Å². The molecule has 0 aliphatic heterocycles. The van der Waals surface area contributed by atoms with Gasteiger partial charge in [-0.1, -0.05) is 30.7 Å². The van der Waals surface area contributed by atoms with E-state index in [1.54, 1.807) is 0 Å². The Morgan fingerprint density at radius 3 is 2.71 bits per heavy atom. The minimum absolute atomic E-state index is 0.468. The van der Waals surface area contributed by atoms with E-state index in [0.29, 0.717) is 5.92 Å². The van der Waals surface area contributed by atoms with Crippen molar-refractivity contribution in [1.29, 1.82) is 0 Å². The number of rotatable bonds is 3. The molecule has 0 N–H and O–H groups in total. The Morgan fingerprint density at radius 2 is 2.21 bits per heavy atom. The van der Waals surface area contributed by atoms with Gasteiger partial charge in [0.25, 0.3) is 0 Å². The van der Waals surface area contributed by atoms with Crippen LogP contribution in [0.4, 0.5) is 0 Å². The Balaban J connectivity index is 2.95. The standard InChI is InChI=1S/C13H15Cl/c1-4-6-11(5-2)12-7-8-13(14)10(3)9-12/h1,7-9,11H,5-6H2,2-3H3. The summed E-state index contributed by atoms with van der Waals surface area (Å²) < 4.78 is 0. The first-order chi connectivity index (χ1) is 6.69. The molecule has 0 saturated carbocycles. The SMILES string of the molecule is C#CCC(CC)c1ccc(Cl)c(C)c1. The third-order valence-corrected chi connectivity index (χ3v) is 2.93. The molecule has 1 aromatic carbocycles. The summed E-state index contributed by atoms with van der Waals surface area (Å²) in [4.78, 5) is 0. The zero-order chi connectivity index (χ0) is 10.6. The molecule has 1 rings (SSSR count). The zero-order valence-corrected chi connectivity index (χ0v) is 9.43. The van der Waals surface area contributed by atoms with Crippen molar-refractivity contribution >= 4 is 11.6 Å². The summed E-state index contributed by atoms with van der Waals surface area (Å²) in [5.41, 5.74) is 2.42. The summed E-state index contributed by atoms with van der Waals surface area (Å²) in [7, 11) is 0. The number of halogens is 1. The largest absolute Gasteiger partial charge is 0.120 e. The topological polar surface area (TPSA) is 0 Å². The van der Waals surface area contributed by atoms with Gasteiger partial charge >= 0.3 is 0 Å². The van der Waals surface area contributed by atoms with Crippen LogP contribution in [0.1, 0.15) is 36.8 Å². The molecule has 74 valence electrons. The maximum absolute atomic E-state index is 5.97. The van der Waals surface area contributed by atoms with Gasteiger partial charge in [0.2, 0.25) is 0 Å². The fourth-order valence-electron chi connectivity index (χ4n) is 1.56. The molecule has 14 heavy (non-hydrogen) atoms. The van der Waals surface area contributed by atoms with Crippen LogP contribution in [0.2, 0.25) is 5.02 Å². The Bertz CT molecular complexity index is 347. The van der Waals surface area contributed by atoms with Crippen LogP contribution < -0.4 is 0 Å². The lowest BCUT2D eigenvalue weighted by molar-refractivity contribution is 0.684. The van der Waals surface area contributed by atoms with Crippen molar-refractivity contribution < 1.29 is 0 Å². The molecule has 1 atom stereocenters. The molecule has 0 fully saturated rings. The Hall–Kier alpha value is -0.930. The monoisotopic (exact) mass is 206 g/mol. The number of terminal acetylenes is 1. The van der Waals surface area contributed by atoms with Crippen molar-refractivity contribution in [3.05, 3.63) is 34.3 Å². The number of benzene rings is 1. The van der Waals surface area contributed by atoms with Crippen LogP contribution in [0, 0.1) is 19.3 Å². The minimum atomic E-state index is 0.468. The average Bonchev–Trinajstić information content (AvgIpc) is 2.19. The quantitative estimate of drug-likeness (QED) is 0.652. The van der Waals surface area contributed by atoms with Crippen molar-refractivity contribution in [2.45, 2.75) is 32.6 Å². The Kier molecular flexibility index (Phi) is 4.04. The van der Waals surface area contributed by atoms with E-state index in [1.165, 1.54) is 5.56 Å². The summed E-state index contributed by atoms with van der Waals surface area (Å²) in [5, 5.41) is 0.823. The number of hydrogen-bond donors (Lipinski definition) is 0. The Labute approximate surface area is 91.3 Å². The highest BCUT2D eigenvalue weighted by atomic mass is 35.5. The molecule has 0 amide bonds. The highest BCUT2D eigenvalue weighted by Crippen LogP contribution is 2.26. The van der Waals surface area contributed by atoms with Gasteiger partial charge in [-0.15, -0.1) is 12.3 Å². The fourth-order valence-corrected chi connectivity index (χ4v) is 1.68. The molecule has 0 spiro atoms. The Morgan fingerprint density at radius 1 is 1.50 bits per heavy atom. The van der Waals surface area contributed by atoms with Crippen molar-refractivity contribution in [2.24, 2.45) is 0 Å². The fraction of sp³-hybridized carbons (Fsp3) is 0.385. The second-order valence-corrected chi connectivity index (χ2v) is 3.93. The van der Waals surface area contributed by atoms with Crippen LogP contribution in [0.5, 0.6) is 0 Å². The molecule has 1 unspecified atom stereocenters. The van der Waals surface area contributed by atoms with Crippen LogP contribution in [0.15, 0.2) is 18.2 Å². The van der Waals surface area contributed by atoms with Crippen LogP contribution in [-0.2, 0) is 0 Å². The van der Waals surface area contributed by atoms with Gasteiger partial charge in [0.05, 0.1) is 0 Å². The molecule has 0 heterocycles. The second kappa shape index (κ2) is 5.08. The van der Waals surface area contributed by atoms with Gasteiger partial charge in [-0.05, 0) is 36.5 Å². The lowest BCUT2D eigenvalue weighted by Crippen LogP contribution is -1.96. The summed E-state index contributed by atoms with van der Waals surface area (Å²) in [6, 6.07) is 6.15. The predicted molar refractivity (Wildman–Crippen MR) is 62.7 cm³/mol. The van der Waals surface area contributed by atoms with Crippen molar-refractivity contribution in [2.75, 3.05) is 0 Å². The summed E-state index contributed by atoms with van der Waals surface area (Å²) >= 11 is 5.97. The van der Waals surface area contributed by atoms with E-state index in [4.69, 9.17) is 18.0 Å². The summed E-state index contributed by atoms with van der Waals surface area (Å²) in [6.45, 7) is 4.18. The molecule has 0 aliphatic carbocycles. The van der Waals surface area contributed by atoms with E-state index in [2.05, 4.69) is 25.0 Å². The first-order valence-corrected chi connectivity index (χ1v) is 5.26. The van der Waals surface area contributed by atoms with E-state index in [9.17, 15) is 0 Å². The highest BCUT2D eigenvalue weighted by Gasteiger charge is 2.08. The van der Waals surface area contributed by atoms with Crippen LogP contribution in [0.3, 0.4) is 0 Å². The van der Waals surface area contributed by atoms with E-state index in [-0.39, 0.29) is 0 Å². The number of hydrogen-bond acceptors (Lipinski definition) is 0. The molecule has 0 aromatic heterocycles. The maximum Gasteiger partial charge on any atom is 0.0435 e. The van der Waals surface area contributed by atoms with E-state index < -0.39 is 0 Å². The molecule has 0 aliphatic rings. The van der Waals surface area contributed by atoms with Crippen LogP contribution in [-0.4, -0.2) is 0 Å². The van der Waals surface area contributed by atoms with E-state index >= 15 is 0 Å². The molecule has 0 bridgehead atoms. The third kappa shape index (κ3) is 2.53. The lowest BCUT2D eigenvalue weighted by atomic mass is 9.92. The van der Waals surface area contributed by atoms with Gasteiger partial charge in [-0.2, -0.15) is 0 Å². The van der Waals surface area contributed by atoms with Gasteiger partial charge in [0, 0.05) is 11.4 Å². The molecule has 1 aromatic rings. The minimum Gasteiger partial charge on any atom is -0.120 e. The molecule has 0 nitrogen and oxygen atoms in total. The predicted octanol–water partition coefficient (Wildman–Crippen LogP) is 4.17. The smallest absolute Gasteiger partial charge is 0.0435 e. The molecular weight excluding hydrogens is 192 g/mol. The van der Waals surface area contributed by atoms with Gasteiger partial charge in [-0.3, -0.25) is 0 Å². The molecule has 0 radical (unpaired) electrons. The normalized spacial score (nSPS) is 12.1. The second-order valence-electron chi connectivity index (χ2n) is 3.52. The first kappa shape index (κ1) is 11.1. The third-order valence-electron chi connectivity index (χ3n) is 2.51. The summed E-state index contributed by atoms with van der Waals surface area (Å²) in [5.74, 6) is 3.19. The van der Waals surface area contributed by atoms with Crippen molar-refractivity contribution in [3.63, 3.8) is 0 Å². The zero-order valence-electron chi connectivity index (χ0n) is 8.68. The van der Waals surface area contributed by atoms with E-state index in [0.717, 1.165) is 23.4 Å². The van der Waals surface area contributed by atoms with Crippen molar-refractivity contribution in [3.8, 4) is 12.3 Å². The van der Waals surface area contributed by atoms with E-state index in [1.807, 2.05) is 13.0 Å². The first-order valence-electron chi connectivity index (χ1n) is 4.88. The molecular formula is C13H15Cl. The maximum atomic E-state index is 5.97. The molecule has 1 heteroatoms. The van der Waals surface area contributed by atoms with Gasteiger partial charge in [-0.25, -0.2) is 0 Å².